The highest BCUT2D eigenvalue weighted by Crippen LogP contribution is 2.02. The van der Waals surface area contributed by atoms with Gasteiger partial charge in [-0.2, -0.15) is 9.67 Å². The van der Waals surface area contributed by atoms with Crippen molar-refractivity contribution >= 4 is 17.7 Å². The smallest absolute Gasteiger partial charge is 0.305 e. The number of aryl methyl sites for hydroxylation is 1. The topological polar surface area (TPSA) is 58.5 Å². The number of pyridine rings is 1. The molecule has 0 atom stereocenters. The first-order chi connectivity index (χ1) is 10.1. The number of nitrogens with one attached hydrogen (secondary N) is 1. The molecule has 0 aliphatic carbocycles. The molecule has 5 heteroatoms. The zero-order valence-corrected chi connectivity index (χ0v) is 12.1. The van der Waals surface area contributed by atoms with E-state index in [0.717, 1.165) is 11.5 Å². The van der Waals surface area contributed by atoms with Gasteiger partial charge in [0.05, 0.1) is 12.0 Å². The van der Waals surface area contributed by atoms with Crippen LogP contribution in [0.3, 0.4) is 0 Å². The average molecular weight is 284 g/mol. The van der Waals surface area contributed by atoms with Gasteiger partial charge < -0.3 is 4.42 Å². The van der Waals surface area contributed by atoms with E-state index < -0.39 is 0 Å². The van der Waals surface area contributed by atoms with Crippen molar-refractivity contribution in [1.29, 1.82) is 0 Å². The third kappa shape index (κ3) is 4.72. The Labute approximate surface area is 123 Å². The molecule has 0 unspecified atom stereocenters. The van der Waals surface area contributed by atoms with E-state index in [4.69, 9.17) is 4.42 Å². The first kappa shape index (κ1) is 14.7. The minimum absolute atomic E-state index is 0.167. The molecule has 2 aromatic rings. The van der Waals surface area contributed by atoms with Crippen molar-refractivity contribution in [2.24, 2.45) is 5.10 Å². The van der Waals surface area contributed by atoms with E-state index in [1.807, 2.05) is 48.0 Å². The van der Waals surface area contributed by atoms with Crippen LogP contribution in [0.25, 0.3) is 6.08 Å². The van der Waals surface area contributed by atoms with Gasteiger partial charge >= 0.3 is 5.91 Å². The van der Waals surface area contributed by atoms with Crippen LogP contribution in [0, 0.1) is 6.92 Å². The van der Waals surface area contributed by atoms with Crippen LogP contribution in [0.1, 0.15) is 18.4 Å². The molecule has 0 aliphatic rings. The van der Waals surface area contributed by atoms with Crippen LogP contribution in [0.15, 0.2) is 58.4 Å². The first-order valence-electron chi connectivity index (χ1n) is 6.65. The lowest BCUT2D eigenvalue weighted by Gasteiger charge is -2.00. The molecule has 2 rings (SSSR count). The second kappa shape index (κ2) is 7.19. The fraction of sp³-hybridized carbons (Fsp3) is 0.188. The molecule has 2 aromatic heterocycles. The molecular formula is C16H18N3O2+. The van der Waals surface area contributed by atoms with Gasteiger partial charge in [0.25, 0.3) is 0 Å². The van der Waals surface area contributed by atoms with Crippen LogP contribution in [0.2, 0.25) is 0 Å². The lowest BCUT2D eigenvalue weighted by Crippen LogP contribution is -2.43. The fourth-order valence-corrected chi connectivity index (χ4v) is 1.71. The Morgan fingerprint density at radius 1 is 1.38 bits per heavy atom. The van der Waals surface area contributed by atoms with Crippen LogP contribution >= 0.6 is 0 Å². The van der Waals surface area contributed by atoms with Crippen LogP contribution in [0.4, 0.5) is 0 Å². The van der Waals surface area contributed by atoms with Gasteiger partial charge in [-0.1, -0.05) is 6.07 Å². The van der Waals surface area contributed by atoms with Crippen LogP contribution < -0.4 is 9.99 Å². The maximum atomic E-state index is 11.8. The van der Waals surface area contributed by atoms with Crippen LogP contribution in [-0.4, -0.2) is 11.6 Å². The third-order valence-corrected chi connectivity index (χ3v) is 2.87. The first-order valence-corrected chi connectivity index (χ1v) is 6.65. The highest BCUT2D eigenvalue weighted by Gasteiger charge is 2.10. The van der Waals surface area contributed by atoms with Gasteiger partial charge in [-0.05, 0) is 31.2 Å². The summed E-state index contributed by atoms with van der Waals surface area (Å²) in [4.78, 5) is 11.8. The van der Waals surface area contributed by atoms with E-state index >= 15 is 0 Å². The van der Waals surface area contributed by atoms with E-state index in [1.165, 1.54) is 0 Å². The zero-order valence-electron chi connectivity index (χ0n) is 12.1. The molecule has 0 saturated heterocycles. The Morgan fingerprint density at radius 2 is 2.24 bits per heavy atom. The van der Waals surface area contributed by atoms with E-state index in [2.05, 4.69) is 10.5 Å². The maximum Gasteiger partial charge on any atom is 0.305 e. The van der Waals surface area contributed by atoms with Crippen molar-refractivity contribution in [3.8, 4) is 0 Å². The number of allylic oxidation sites excluding steroid dienone is 1. The highest BCUT2D eigenvalue weighted by molar-refractivity contribution is 5.96. The number of hydrogen-bond acceptors (Lipinski definition) is 3. The third-order valence-electron chi connectivity index (χ3n) is 2.87. The van der Waals surface area contributed by atoms with Crippen LogP contribution in [-0.2, 0) is 11.3 Å². The summed E-state index contributed by atoms with van der Waals surface area (Å²) in [6.07, 6.45) is 7.04. The number of carbonyl (C=O) groups is 1. The van der Waals surface area contributed by atoms with Gasteiger partial charge in [-0.3, -0.25) is 4.79 Å². The van der Waals surface area contributed by atoms with E-state index in [0.29, 0.717) is 5.71 Å². The molecule has 5 nitrogen and oxygen atoms in total. The second-order valence-corrected chi connectivity index (χ2v) is 4.61. The Hall–Kier alpha value is -2.69. The molecule has 1 amide bonds. The zero-order chi connectivity index (χ0) is 15.1. The Bertz CT molecular complexity index is 658. The van der Waals surface area contributed by atoms with Gasteiger partial charge in [-0.15, -0.1) is 0 Å². The molecule has 0 aromatic carbocycles. The van der Waals surface area contributed by atoms with Gasteiger partial charge in [-0.25, -0.2) is 5.43 Å². The fourth-order valence-electron chi connectivity index (χ4n) is 1.71. The summed E-state index contributed by atoms with van der Waals surface area (Å²) in [5, 5.41) is 4.02. The van der Waals surface area contributed by atoms with Crippen molar-refractivity contribution in [1.82, 2.24) is 5.43 Å². The number of hydrogen-bond donors (Lipinski definition) is 1. The van der Waals surface area contributed by atoms with E-state index in [9.17, 15) is 4.79 Å². The van der Waals surface area contributed by atoms with Gasteiger partial charge in [0, 0.05) is 19.1 Å². The molecule has 0 spiro atoms. The minimum atomic E-state index is -0.167. The molecule has 0 fully saturated rings. The largest absolute Gasteiger partial charge is 0.465 e. The average Bonchev–Trinajstić information content (AvgIpc) is 2.99. The predicted octanol–water partition coefficient (Wildman–Crippen LogP) is 2.08. The number of hydrazone groups is 1. The van der Waals surface area contributed by atoms with Gasteiger partial charge in [0.2, 0.25) is 6.54 Å². The number of amides is 1. The summed E-state index contributed by atoms with van der Waals surface area (Å²) in [7, 11) is 0. The van der Waals surface area contributed by atoms with Crippen molar-refractivity contribution in [2.75, 3.05) is 0 Å². The van der Waals surface area contributed by atoms with Crippen LogP contribution in [0.5, 0.6) is 0 Å². The second-order valence-electron chi connectivity index (χ2n) is 4.61. The standard InChI is InChI=1S/C16H17N3O2/c1-13(8-9-15-7-5-11-21-15)17-18-16(20)12-19-10-4-3-6-14(19)2/h3-11H,12H2,1-2H3/p+1/b9-8+,17-13+. The van der Waals surface area contributed by atoms with Crippen molar-refractivity contribution in [2.45, 2.75) is 20.4 Å². The highest BCUT2D eigenvalue weighted by atomic mass is 16.3. The molecule has 0 bridgehead atoms. The summed E-state index contributed by atoms with van der Waals surface area (Å²) >= 11 is 0. The number of rotatable bonds is 5. The number of carbonyl (C=O) groups excluding carboxylic acids is 1. The Kier molecular flexibility index (Phi) is 5.04. The molecule has 2 heterocycles. The quantitative estimate of drug-likeness (QED) is 0.519. The Morgan fingerprint density at radius 3 is 2.95 bits per heavy atom. The summed E-state index contributed by atoms with van der Waals surface area (Å²) in [6, 6.07) is 9.44. The Balaban J connectivity index is 1.88. The summed E-state index contributed by atoms with van der Waals surface area (Å²) < 4.78 is 7.03. The maximum absolute atomic E-state index is 11.8. The molecule has 21 heavy (non-hydrogen) atoms. The van der Waals surface area contributed by atoms with Crippen molar-refractivity contribution in [3.63, 3.8) is 0 Å². The summed E-state index contributed by atoms with van der Waals surface area (Å²) in [5.74, 6) is 0.575. The molecular weight excluding hydrogens is 266 g/mol. The molecule has 0 aliphatic heterocycles. The van der Waals surface area contributed by atoms with Crippen molar-refractivity contribution < 1.29 is 13.8 Å². The lowest BCUT2D eigenvalue weighted by molar-refractivity contribution is -0.690. The van der Waals surface area contributed by atoms with E-state index in [1.54, 1.807) is 25.3 Å². The van der Waals surface area contributed by atoms with Crippen molar-refractivity contribution in [3.05, 3.63) is 60.3 Å². The number of nitrogens with zero attached hydrogens (tertiary/aromatic N) is 2. The predicted molar refractivity (Wildman–Crippen MR) is 80.4 cm³/mol. The molecule has 0 radical (unpaired) electrons. The van der Waals surface area contributed by atoms with Gasteiger partial charge in [0.1, 0.15) is 5.76 Å². The number of aromatic nitrogens is 1. The lowest BCUT2D eigenvalue weighted by atomic mass is 10.3. The van der Waals surface area contributed by atoms with E-state index in [-0.39, 0.29) is 12.5 Å². The summed E-state index contributed by atoms with van der Waals surface area (Å²) in [5.41, 5.74) is 4.24. The molecule has 1 N–H and O–H groups in total. The summed E-state index contributed by atoms with van der Waals surface area (Å²) in [6.45, 7) is 4.00. The monoisotopic (exact) mass is 284 g/mol. The normalized spacial score (nSPS) is 11.8. The molecule has 0 saturated carbocycles. The SMILES string of the molecule is CC(/C=C/c1ccco1)=N\NC(=O)C[n+]1ccccc1C. The number of furan rings is 1. The molecule has 108 valence electrons. The van der Waals surface area contributed by atoms with Gasteiger partial charge in [0.15, 0.2) is 11.9 Å². The minimum Gasteiger partial charge on any atom is -0.465 e.